The second-order valence-electron chi connectivity index (χ2n) is 8.39. The smallest absolute Gasteiger partial charge is 0.324 e. The SMILES string of the molecule is CS(=O)(=O)c1ccc(-c2cccc(N3CCCN(CC4CCNCC4)C3=O)c2)c(Cl)c1. The van der Waals surface area contributed by atoms with E-state index in [0.717, 1.165) is 68.5 Å². The molecule has 0 atom stereocenters. The minimum Gasteiger partial charge on any atom is -0.324 e. The fourth-order valence-electron chi connectivity index (χ4n) is 4.37. The Hall–Kier alpha value is -2.09. The molecule has 166 valence electrons. The van der Waals surface area contributed by atoms with Gasteiger partial charge in [-0.15, -0.1) is 0 Å². The predicted octanol–water partition coefficient (Wildman–Crippen LogP) is 4.04. The Labute approximate surface area is 189 Å². The van der Waals surface area contributed by atoms with Gasteiger partial charge in [0.25, 0.3) is 0 Å². The van der Waals surface area contributed by atoms with E-state index in [-0.39, 0.29) is 10.9 Å². The summed E-state index contributed by atoms with van der Waals surface area (Å²) in [5, 5.41) is 3.75. The van der Waals surface area contributed by atoms with Crippen molar-refractivity contribution in [2.24, 2.45) is 5.92 Å². The molecule has 2 saturated heterocycles. The summed E-state index contributed by atoms with van der Waals surface area (Å²) in [5.74, 6) is 0.559. The van der Waals surface area contributed by atoms with Crippen molar-refractivity contribution in [3.8, 4) is 11.1 Å². The molecule has 2 aliphatic heterocycles. The summed E-state index contributed by atoms with van der Waals surface area (Å²) >= 11 is 6.41. The van der Waals surface area contributed by atoms with Crippen LogP contribution < -0.4 is 10.2 Å². The highest BCUT2D eigenvalue weighted by Crippen LogP contribution is 2.33. The highest BCUT2D eigenvalue weighted by atomic mass is 35.5. The summed E-state index contributed by atoms with van der Waals surface area (Å²) in [6.07, 6.45) is 4.32. The van der Waals surface area contributed by atoms with E-state index in [9.17, 15) is 13.2 Å². The molecule has 4 rings (SSSR count). The molecule has 2 aromatic carbocycles. The zero-order chi connectivity index (χ0) is 22.0. The first-order valence-electron chi connectivity index (χ1n) is 10.7. The maximum atomic E-state index is 13.2. The lowest BCUT2D eigenvalue weighted by Gasteiger charge is -2.38. The first-order chi connectivity index (χ1) is 14.8. The number of piperidine rings is 1. The number of anilines is 1. The summed E-state index contributed by atoms with van der Waals surface area (Å²) < 4.78 is 23.6. The van der Waals surface area contributed by atoms with Crippen LogP contribution in [0, 0.1) is 5.92 Å². The summed E-state index contributed by atoms with van der Waals surface area (Å²) in [5.41, 5.74) is 2.43. The average molecular weight is 462 g/mol. The summed E-state index contributed by atoms with van der Waals surface area (Å²) in [7, 11) is -3.32. The lowest BCUT2D eigenvalue weighted by atomic mass is 9.97. The molecule has 0 unspecified atom stereocenters. The molecule has 0 spiro atoms. The van der Waals surface area contributed by atoms with Gasteiger partial charge in [-0.1, -0.05) is 29.8 Å². The Morgan fingerprint density at radius 2 is 1.87 bits per heavy atom. The molecule has 2 aliphatic rings. The van der Waals surface area contributed by atoms with Gasteiger partial charge in [-0.3, -0.25) is 4.90 Å². The number of nitrogens with zero attached hydrogens (tertiary/aromatic N) is 2. The van der Waals surface area contributed by atoms with E-state index in [0.29, 0.717) is 17.5 Å². The first-order valence-corrected chi connectivity index (χ1v) is 13.0. The van der Waals surface area contributed by atoms with Gasteiger partial charge >= 0.3 is 6.03 Å². The number of carbonyl (C=O) groups excluding carboxylic acids is 1. The number of amides is 2. The number of benzene rings is 2. The Morgan fingerprint density at radius 3 is 2.58 bits per heavy atom. The van der Waals surface area contributed by atoms with E-state index >= 15 is 0 Å². The van der Waals surface area contributed by atoms with E-state index in [1.54, 1.807) is 12.1 Å². The Morgan fingerprint density at radius 1 is 1.10 bits per heavy atom. The van der Waals surface area contributed by atoms with Crippen molar-refractivity contribution in [1.29, 1.82) is 0 Å². The van der Waals surface area contributed by atoms with Gasteiger partial charge in [-0.2, -0.15) is 0 Å². The highest BCUT2D eigenvalue weighted by Gasteiger charge is 2.29. The van der Waals surface area contributed by atoms with Crippen LogP contribution >= 0.6 is 11.6 Å². The number of halogens is 1. The van der Waals surface area contributed by atoms with Crippen molar-refractivity contribution in [2.45, 2.75) is 24.2 Å². The largest absolute Gasteiger partial charge is 0.324 e. The zero-order valence-electron chi connectivity index (χ0n) is 17.7. The molecule has 2 aromatic rings. The maximum Gasteiger partial charge on any atom is 0.324 e. The van der Waals surface area contributed by atoms with E-state index in [2.05, 4.69) is 5.32 Å². The number of nitrogens with one attached hydrogen (secondary N) is 1. The third kappa shape index (κ3) is 5.05. The molecule has 0 saturated carbocycles. The van der Waals surface area contributed by atoms with Crippen LogP contribution in [-0.4, -0.2) is 58.3 Å². The fraction of sp³-hybridized carbons (Fsp3) is 0.435. The van der Waals surface area contributed by atoms with Crippen LogP contribution in [0.5, 0.6) is 0 Å². The van der Waals surface area contributed by atoms with Crippen LogP contribution in [0.4, 0.5) is 10.5 Å². The summed E-state index contributed by atoms with van der Waals surface area (Å²) in [4.78, 5) is 17.2. The summed E-state index contributed by atoms with van der Waals surface area (Å²) in [6.45, 7) is 4.35. The van der Waals surface area contributed by atoms with Gasteiger partial charge in [0.2, 0.25) is 0 Å². The number of rotatable bonds is 5. The maximum absolute atomic E-state index is 13.2. The molecule has 1 N–H and O–H groups in total. The Bertz CT molecular complexity index is 1070. The van der Waals surface area contributed by atoms with Crippen molar-refractivity contribution < 1.29 is 13.2 Å². The molecule has 2 heterocycles. The molecular weight excluding hydrogens is 434 g/mol. The quantitative estimate of drug-likeness (QED) is 0.729. The predicted molar refractivity (Wildman–Crippen MR) is 125 cm³/mol. The van der Waals surface area contributed by atoms with Crippen LogP contribution in [0.25, 0.3) is 11.1 Å². The van der Waals surface area contributed by atoms with Crippen LogP contribution in [0.1, 0.15) is 19.3 Å². The lowest BCUT2D eigenvalue weighted by molar-refractivity contribution is 0.176. The van der Waals surface area contributed by atoms with Gasteiger partial charge in [0.15, 0.2) is 9.84 Å². The molecule has 31 heavy (non-hydrogen) atoms. The van der Waals surface area contributed by atoms with E-state index in [1.807, 2.05) is 34.1 Å². The molecule has 0 radical (unpaired) electrons. The highest BCUT2D eigenvalue weighted by molar-refractivity contribution is 7.90. The van der Waals surface area contributed by atoms with E-state index in [1.165, 1.54) is 6.07 Å². The third-order valence-corrected chi connectivity index (χ3v) is 7.51. The number of sulfone groups is 1. The van der Waals surface area contributed by atoms with Crippen LogP contribution in [-0.2, 0) is 9.84 Å². The first kappa shape index (κ1) is 22.1. The fourth-order valence-corrected chi connectivity index (χ4v) is 5.37. The molecular formula is C23H28ClN3O3S. The molecule has 0 bridgehead atoms. The Kier molecular flexibility index (Phi) is 6.55. The third-order valence-electron chi connectivity index (χ3n) is 6.09. The molecule has 0 aliphatic carbocycles. The lowest BCUT2D eigenvalue weighted by Crippen LogP contribution is -2.51. The number of hydrogen-bond donors (Lipinski definition) is 1. The molecule has 8 heteroatoms. The van der Waals surface area contributed by atoms with Crippen LogP contribution in [0.15, 0.2) is 47.4 Å². The second kappa shape index (κ2) is 9.18. The molecule has 2 amide bonds. The zero-order valence-corrected chi connectivity index (χ0v) is 19.3. The van der Waals surface area contributed by atoms with E-state index < -0.39 is 9.84 Å². The van der Waals surface area contributed by atoms with Gasteiger partial charge < -0.3 is 10.2 Å². The van der Waals surface area contributed by atoms with Gasteiger partial charge in [0.1, 0.15) is 0 Å². The summed E-state index contributed by atoms with van der Waals surface area (Å²) in [6, 6.07) is 12.5. The van der Waals surface area contributed by atoms with Crippen molar-refractivity contribution >= 4 is 33.2 Å². The Balaban J connectivity index is 1.55. The van der Waals surface area contributed by atoms with Crippen molar-refractivity contribution in [1.82, 2.24) is 10.2 Å². The molecule has 6 nitrogen and oxygen atoms in total. The van der Waals surface area contributed by atoms with Crippen molar-refractivity contribution in [3.05, 3.63) is 47.5 Å². The second-order valence-corrected chi connectivity index (χ2v) is 10.8. The minimum absolute atomic E-state index is 0.0560. The monoisotopic (exact) mass is 461 g/mol. The topological polar surface area (TPSA) is 69.7 Å². The number of urea groups is 1. The van der Waals surface area contributed by atoms with Crippen molar-refractivity contribution in [2.75, 3.05) is 43.9 Å². The standard InChI is InChI=1S/C23H28ClN3O3S/c1-31(29,30)20-6-7-21(22(24)15-20)18-4-2-5-19(14-18)27-13-3-12-26(23(27)28)16-17-8-10-25-11-9-17/h2,4-7,14-15,17,25H,3,8-13,16H2,1H3. The van der Waals surface area contributed by atoms with Crippen LogP contribution in [0.2, 0.25) is 5.02 Å². The van der Waals surface area contributed by atoms with Gasteiger partial charge in [-0.05, 0) is 68.1 Å². The van der Waals surface area contributed by atoms with Crippen LogP contribution in [0.3, 0.4) is 0 Å². The normalized spacial score (nSPS) is 18.5. The number of carbonyl (C=O) groups is 1. The van der Waals surface area contributed by atoms with E-state index in [4.69, 9.17) is 11.6 Å². The number of hydrogen-bond acceptors (Lipinski definition) is 4. The van der Waals surface area contributed by atoms with Crippen molar-refractivity contribution in [3.63, 3.8) is 0 Å². The van der Waals surface area contributed by atoms with Gasteiger partial charge in [0.05, 0.1) is 4.90 Å². The van der Waals surface area contributed by atoms with Gasteiger partial charge in [-0.25, -0.2) is 13.2 Å². The average Bonchev–Trinajstić information content (AvgIpc) is 2.75. The minimum atomic E-state index is -3.32. The molecule has 0 aromatic heterocycles. The van der Waals surface area contributed by atoms with Gasteiger partial charge in [0, 0.05) is 42.2 Å². The molecule has 2 fully saturated rings.